The van der Waals surface area contributed by atoms with E-state index in [1.165, 1.54) is 15.9 Å². The summed E-state index contributed by atoms with van der Waals surface area (Å²) in [4.78, 5) is 44.2. The van der Waals surface area contributed by atoms with E-state index in [-0.39, 0.29) is 23.0 Å². The summed E-state index contributed by atoms with van der Waals surface area (Å²) in [6.07, 6.45) is 8.16. The van der Waals surface area contributed by atoms with Gasteiger partial charge in [0.25, 0.3) is 5.56 Å². The molecule has 8 heteroatoms. The molecule has 1 amide bonds. The highest BCUT2D eigenvalue weighted by molar-refractivity contribution is 5.96. The summed E-state index contributed by atoms with van der Waals surface area (Å²) < 4.78 is 1.35. The lowest BCUT2D eigenvalue weighted by Crippen LogP contribution is -2.54. The zero-order valence-electron chi connectivity index (χ0n) is 17.1. The van der Waals surface area contributed by atoms with Gasteiger partial charge in [-0.3, -0.25) is 24.0 Å². The lowest BCUT2D eigenvalue weighted by atomic mass is 9.75. The van der Waals surface area contributed by atoms with Crippen LogP contribution in [0.5, 0.6) is 0 Å². The Labute approximate surface area is 165 Å². The molecule has 3 N–H and O–H groups in total. The second-order valence-corrected chi connectivity index (χ2v) is 8.15. The quantitative estimate of drug-likeness (QED) is 0.702. The van der Waals surface area contributed by atoms with E-state index in [0.717, 1.165) is 45.1 Å². The molecule has 2 fully saturated rings. The van der Waals surface area contributed by atoms with Gasteiger partial charge in [0.1, 0.15) is 5.82 Å². The first-order valence-electron chi connectivity index (χ1n) is 10.6. The molecule has 0 aromatic carbocycles. The molecule has 1 aliphatic heterocycles. The number of rotatable bonds is 8. The van der Waals surface area contributed by atoms with Crippen molar-refractivity contribution in [2.75, 3.05) is 30.3 Å². The van der Waals surface area contributed by atoms with E-state index >= 15 is 0 Å². The number of nitrogen functional groups attached to an aromatic ring is 1. The number of anilines is 2. The zero-order valence-corrected chi connectivity index (χ0v) is 17.1. The molecule has 1 spiro atoms. The van der Waals surface area contributed by atoms with Crippen molar-refractivity contribution in [1.29, 1.82) is 0 Å². The largest absolute Gasteiger partial charge is 0.383 e. The van der Waals surface area contributed by atoms with Gasteiger partial charge in [0.2, 0.25) is 5.91 Å². The van der Waals surface area contributed by atoms with Crippen LogP contribution in [0.25, 0.3) is 0 Å². The monoisotopic (exact) mass is 391 g/mol. The van der Waals surface area contributed by atoms with Crippen LogP contribution in [0, 0.1) is 0 Å². The molecule has 2 aliphatic rings. The van der Waals surface area contributed by atoms with Gasteiger partial charge in [-0.05, 0) is 51.5 Å². The molecular weight excluding hydrogens is 358 g/mol. The summed E-state index contributed by atoms with van der Waals surface area (Å²) in [5.74, 6) is -0.0274. The highest BCUT2D eigenvalue weighted by atomic mass is 16.2. The minimum absolute atomic E-state index is 0.0832. The number of carbonyl (C=O) groups is 1. The van der Waals surface area contributed by atoms with E-state index in [1.807, 2.05) is 13.8 Å². The summed E-state index contributed by atoms with van der Waals surface area (Å²) in [6.45, 7) is 6.03. The van der Waals surface area contributed by atoms with E-state index in [9.17, 15) is 14.4 Å². The molecule has 2 heterocycles. The highest BCUT2D eigenvalue weighted by Crippen LogP contribution is 2.45. The second kappa shape index (κ2) is 8.51. The molecule has 8 nitrogen and oxygen atoms in total. The Balaban J connectivity index is 1.92. The van der Waals surface area contributed by atoms with Crippen LogP contribution in [0.15, 0.2) is 9.59 Å². The maximum Gasteiger partial charge on any atom is 0.330 e. The SMILES string of the molecule is CCCCN(C(=O)CN1CCCC12CCC2)c1c(N)n(CCC)c(=O)[nH]c1=O. The Morgan fingerprint density at radius 2 is 1.89 bits per heavy atom. The van der Waals surface area contributed by atoms with Crippen LogP contribution in [0.2, 0.25) is 0 Å². The molecule has 1 saturated carbocycles. The lowest BCUT2D eigenvalue weighted by molar-refractivity contribution is -0.121. The summed E-state index contributed by atoms with van der Waals surface area (Å²) in [5.41, 5.74) is 5.41. The van der Waals surface area contributed by atoms with E-state index in [4.69, 9.17) is 5.73 Å². The number of likely N-dealkylation sites (tertiary alicyclic amines) is 1. The second-order valence-electron chi connectivity index (χ2n) is 8.15. The van der Waals surface area contributed by atoms with Crippen molar-refractivity contribution in [1.82, 2.24) is 14.5 Å². The van der Waals surface area contributed by atoms with Crippen LogP contribution >= 0.6 is 0 Å². The maximum atomic E-state index is 13.3. The van der Waals surface area contributed by atoms with Gasteiger partial charge in [-0.2, -0.15) is 0 Å². The van der Waals surface area contributed by atoms with Crippen molar-refractivity contribution < 1.29 is 4.79 Å². The molecule has 156 valence electrons. The number of unbranched alkanes of at least 4 members (excludes halogenated alkanes) is 1. The van der Waals surface area contributed by atoms with Crippen molar-refractivity contribution in [3.05, 3.63) is 20.8 Å². The Kier molecular flexibility index (Phi) is 6.27. The van der Waals surface area contributed by atoms with Gasteiger partial charge in [0.05, 0.1) is 6.54 Å². The third-order valence-corrected chi connectivity index (χ3v) is 6.32. The zero-order chi connectivity index (χ0) is 20.3. The van der Waals surface area contributed by atoms with Crippen molar-refractivity contribution in [3.63, 3.8) is 0 Å². The fraction of sp³-hybridized carbons (Fsp3) is 0.750. The van der Waals surface area contributed by atoms with Crippen LogP contribution in [0.1, 0.15) is 65.2 Å². The Morgan fingerprint density at radius 1 is 1.18 bits per heavy atom. The number of nitrogens with zero attached hydrogens (tertiary/aromatic N) is 3. The minimum Gasteiger partial charge on any atom is -0.383 e. The molecule has 0 radical (unpaired) electrons. The third kappa shape index (κ3) is 3.74. The fourth-order valence-electron chi connectivity index (χ4n) is 4.60. The number of aromatic nitrogens is 2. The molecule has 0 unspecified atom stereocenters. The lowest BCUT2D eigenvalue weighted by Gasteiger charge is -2.46. The van der Waals surface area contributed by atoms with Crippen molar-refractivity contribution in [2.45, 2.75) is 77.3 Å². The van der Waals surface area contributed by atoms with Crippen LogP contribution in [-0.2, 0) is 11.3 Å². The van der Waals surface area contributed by atoms with Gasteiger partial charge in [0, 0.05) is 18.6 Å². The average molecular weight is 392 g/mol. The average Bonchev–Trinajstić information content (AvgIpc) is 3.05. The van der Waals surface area contributed by atoms with Gasteiger partial charge in [-0.15, -0.1) is 0 Å². The van der Waals surface area contributed by atoms with Crippen LogP contribution in [0.4, 0.5) is 11.5 Å². The van der Waals surface area contributed by atoms with Gasteiger partial charge < -0.3 is 10.6 Å². The molecule has 1 aromatic rings. The number of nitrogens with two attached hydrogens (primary N) is 1. The molecule has 1 aliphatic carbocycles. The molecule has 28 heavy (non-hydrogen) atoms. The van der Waals surface area contributed by atoms with Crippen LogP contribution in [-0.4, -0.2) is 45.5 Å². The predicted molar refractivity (Wildman–Crippen MR) is 111 cm³/mol. The normalized spacial score (nSPS) is 18.4. The van der Waals surface area contributed by atoms with Crippen LogP contribution in [0.3, 0.4) is 0 Å². The standard InChI is InChI=1S/C20H33N5O3/c1-3-5-13-24(15(26)14-23-12-7-10-20(23)8-6-9-20)16-17(21)25(11-4-2)19(28)22-18(16)27/h3-14,21H2,1-2H3,(H,22,27,28). The van der Waals surface area contributed by atoms with Gasteiger partial charge >= 0.3 is 5.69 Å². The topological polar surface area (TPSA) is 104 Å². The highest BCUT2D eigenvalue weighted by Gasteiger charge is 2.46. The maximum absolute atomic E-state index is 13.3. The fourth-order valence-corrected chi connectivity index (χ4v) is 4.60. The van der Waals surface area contributed by atoms with Crippen molar-refractivity contribution >= 4 is 17.4 Å². The van der Waals surface area contributed by atoms with Crippen LogP contribution < -0.4 is 21.9 Å². The number of hydrogen-bond acceptors (Lipinski definition) is 5. The summed E-state index contributed by atoms with van der Waals surface area (Å²) >= 11 is 0. The third-order valence-electron chi connectivity index (χ3n) is 6.32. The number of carbonyl (C=O) groups excluding carboxylic acids is 1. The first-order valence-corrected chi connectivity index (χ1v) is 10.6. The summed E-state index contributed by atoms with van der Waals surface area (Å²) in [7, 11) is 0. The van der Waals surface area contributed by atoms with Gasteiger partial charge in [0.15, 0.2) is 5.69 Å². The summed E-state index contributed by atoms with van der Waals surface area (Å²) in [6, 6.07) is 0. The number of aromatic amines is 1. The molecule has 0 bridgehead atoms. The number of nitrogens with one attached hydrogen (secondary N) is 1. The van der Waals surface area contributed by atoms with E-state index in [0.29, 0.717) is 26.1 Å². The Hall–Kier alpha value is -2.09. The molecule has 0 atom stereocenters. The Bertz CT molecular complexity index is 824. The first kappa shape index (κ1) is 20.6. The van der Waals surface area contributed by atoms with E-state index in [2.05, 4.69) is 9.88 Å². The Morgan fingerprint density at radius 3 is 2.50 bits per heavy atom. The molecular formula is C20H33N5O3. The van der Waals surface area contributed by atoms with Gasteiger partial charge in [-0.1, -0.05) is 20.3 Å². The van der Waals surface area contributed by atoms with Crippen molar-refractivity contribution in [3.8, 4) is 0 Å². The first-order chi connectivity index (χ1) is 13.4. The minimum atomic E-state index is -0.584. The number of hydrogen-bond donors (Lipinski definition) is 2. The summed E-state index contributed by atoms with van der Waals surface area (Å²) in [5, 5.41) is 0. The molecule has 1 aromatic heterocycles. The van der Waals surface area contributed by atoms with E-state index < -0.39 is 11.2 Å². The van der Waals surface area contributed by atoms with Crippen molar-refractivity contribution in [2.24, 2.45) is 0 Å². The molecule has 1 saturated heterocycles. The van der Waals surface area contributed by atoms with Gasteiger partial charge in [-0.25, -0.2) is 4.79 Å². The van der Waals surface area contributed by atoms with E-state index in [1.54, 1.807) is 0 Å². The predicted octanol–water partition coefficient (Wildman–Crippen LogP) is 1.68. The molecule has 3 rings (SSSR count). The number of H-pyrrole nitrogens is 1. The smallest absolute Gasteiger partial charge is 0.330 e. The number of amides is 1.